The maximum absolute atomic E-state index is 13.5. The number of nitriles is 1. The van der Waals surface area contributed by atoms with E-state index in [1.807, 2.05) is 18.2 Å². The molecule has 1 fully saturated rings. The van der Waals surface area contributed by atoms with Gasteiger partial charge in [-0.3, -0.25) is 9.36 Å². The van der Waals surface area contributed by atoms with E-state index in [1.54, 1.807) is 22.8 Å². The summed E-state index contributed by atoms with van der Waals surface area (Å²) in [6.07, 6.45) is -0.00402. The Morgan fingerprint density at radius 3 is 2.51 bits per heavy atom. The molecular formula is C27H22ClF3N6O2. The number of nitrogens with zero attached hydrogens (tertiary/aromatic N) is 5. The highest BCUT2D eigenvalue weighted by Crippen LogP contribution is 2.32. The molecule has 39 heavy (non-hydrogen) atoms. The molecule has 8 nitrogen and oxygen atoms in total. The number of fused-ring (bicyclic) bond motifs is 1. The van der Waals surface area contributed by atoms with Gasteiger partial charge in [0.15, 0.2) is 11.5 Å². The minimum atomic E-state index is -4.79. The lowest BCUT2D eigenvalue weighted by Gasteiger charge is -2.29. The van der Waals surface area contributed by atoms with Crippen LogP contribution in [0.1, 0.15) is 47.3 Å². The van der Waals surface area contributed by atoms with E-state index in [4.69, 9.17) is 11.6 Å². The molecule has 0 aliphatic heterocycles. The molecule has 1 aliphatic carbocycles. The van der Waals surface area contributed by atoms with Crippen molar-refractivity contribution in [2.45, 2.75) is 44.4 Å². The van der Waals surface area contributed by atoms with Gasteiger partial charge in [0.2, 0.25) is 0 Å². The van der Waals surface area contributed by atoms with Crippen molar-refractivity contribution < 1.29 is 18.0 Å². The van der Waals surface area contributed by atoms with Crippen LogP contribution in [0.3, 0.4) is 0 Å². The van der Waals surface area contributed by atoms with Crippen molar-refractivity contribution in [3.05, 3.63) is 87.2 Å². The van der Waals surface area contributed by atoms with Crippen LogP contribution in [0.5, 0.6) is 0 Å². The van der Waals surface area contributed by atoms with E-state index in [0.29, 0.717) is 43.3 Å². The first-order chi connectivity index (χ1) is 18.7. The number of hydrogen-bond acceptors (Lipinski definition) is 5. The molecule has 0 spiro atoms. The van der Waals surface area contributed by atoms with Gasteiger partial charge in [0, 0.05) is 25.0 Å². The van der Waals surface area contributed by atoms with E-state index in [2.05, 4.69) is 21.4 Å². The van der Waals surface area contributed by atoms with Gasteiger partial charge < -0.3 is 5.32 Å². The Hall–Kier alpha value is -4.17. The van der Waals surface area contributed by atoms with Crippen molar-refractivity contribution in [3.63, 3.8) is 0 Å². The number of pyridine rings is 2. The molecule has 200 valence electrons. The van der Waals surface area contributed by atoms with Gasteiger partial charge >= 0.3 is 11.9 Å². The lowest BCUT2D eigenvalue weighted by Crippen LogP contribution is -2.39. The molecule has 5 rings (SSSR count). The molecule has 3 aromatic heterocycles. The molecule has 1 aromatic carbocycles. The first-order valence-corrected chi connectivity index (χ1v) is 12.6. The predicted octanol–water partition coefficient (Wildman–Crippen LogP) is 5.11. The summed E-state index contributed by atoms with van der Waals surface area (Å²) in [4.78, 5) is 33.8. The van der Waals surface area contributed by atoms with Gasteiger partial charge in [0.05, 0.1) is 27.2 Å². The second-order valence-electron chi connectivity index (χ2n) is 9.44. The molecule has 0 atom stereocenters. The second kappa shape index (κ2) is 10.5. The maximum Gasteiger partial charge on any atom is 0.434 e. The maximum atomic E-state index is 13.5. The summed E-state index contributed by atoms with van der Waals surface area (Å²) in [7, 11) is 0. The van der Waals surface area contributed by atoms with Crippen LogP contribution in [0.25, 0.3) is 16.9 Å². The first kappa shape index (κ1) is 26.4. The van der Waals surface area contributed by atoms with Crippen molar-refractivity contribution in [1.29, 1.82) is 5.26 Å². The third-order valence-corrected chi connectivity index (χ3v) is 7.15. The molecule has 1 saturated carbocycles. The predicted molar refractivity (Wildman–Crippen MR) is 138 cm³/mol. The first-order valence-electron chi connectivity index (χ1n) is 12.3. The fourth-order valence-corrected chi connectivity index (χ4v) is 5.26. The second-order valence-corrected chi connectivity index (χ2v) is 9.88. The number of carbonyl (C=O) groups excluding carboxylic acids is 1. The number of alkyl halides is 3. The van der Waals surface area contributed by atoms with E-state index < -0.39 is 23.3 Å². The van der Waals surface area contributed by atoms with Gasteiger partial charge in [-0.15, -0.1) is 0 Å². The van der Waals surface area contributed by atoms with Crippen LogP contribution in [0.15, 0.2) is 59.7 Å². The number of halogens is 4. The van der Waals surface area contributed by atoms with Crippen LogP contribution in [-0.4, -0.2) is 31.1 Å². The summed E-state index contributed by atoms with van der Waals surface area (Å²) >= 11 is 5.80. The summed E-state index contributed by atoms with van der Waals surface area (Å²) in [6, 6.07) is 13.3. The zero-order valence-electron chi connectivity index (χ0n) is 20.5. The Morgan fingerprint density at radius 2 is 1.82 bits per heavy atom. The summed E-state index contributed by atoms with van der Waals surface area (Å²) in [5.41, 5.74) is -0.573. The Morgan fingerprint density at radius 1 is 1.10 bits per heavy atom. The molecule has 0 radical (unpaired) electrons. The third kappa shape index (κ3) is 5.25. The van der Waals surface area contributed by atoms with Gasteiger partial charge in [-0.1, -0.05) is 23.7 Å². The van der Waals surface area contributed by atoms with Gasteiger partial charge in [-0.25, -0.2) is 19.3 Å². The molecule has 1 N–H and O–H groups in total. The highest BCUT2D eigenvalue weighted by Gasteiger charge is 2.38. The monoisotopic (exact) mass is 554 g/mol. The summed E-state index contributed by atoms with van der Waals surface area (Å²) in [5, 5.41) is 12.2. The number of imidazole rings is 1. The minimum Gasteiger partial charge on any atom is -0.349 e. The van der Waals surface area contributed by atoms with Gasteiger partial charge in [0.1, 0.15) is 6.07 Å². The standard InChI is InChI=1S/C27H22ClF3N6O2/c28-18-12-20(23(34-14-18)27(29,30)31)25(38)35-19-9-7-16(8-10-19)15-36-21-5-1-2-6-22(21)37(26(36)39)24-17(13-32)4-3-11-33-24/h1-6,11-12,14,16,19H,7-10,15H2,(H,35,38)/t16-,19-. The highest BCUT2D eigenvalue weighted by atomic mass is 35.5. The van der Waals surface area contributed by atoms with E-state index >= 15 is 0 Å². The number of para-hydroxylation sites is 2. The van der Waals surface area contributed by atoms with Crippen LogP contribution >= 0.6 is 11.6 Å². The Kier molecular flexibility index (Phi) is 7.14. The molecule has 4 aromatic rings. The van der Waals surface area contributed by atoms with Crippen molar-refractivity contribution in [1.82, 2.24) is 24.4 Å². The summed E-state index contributed by atoms with van der Waals surface area (Å²) in [5.74, 6) is -0.503. The molecule has 1 amide bonds. The molecule has 0 saturated heterocycles. The fourth-order valence-electron chi connectivity index (χ4n) is 5.10. The van der Waals surface area contributed by atoms with Gasteiger partial charge in [0.25, 0.3) is 5.91 Å². The highest BCUT2D eigenvalue weighted by molar-refractivity contribution is 6.30. The molecule has 12 heteroatoms. The van der Waals surface area contributed by atoms with E-state index in [9.17, 15) is 28.0 Å². The smallest absolute Gasteiger partial charge is 0.349 e. The number of hydrogen-bond donors (Lipinski definition) is 1. The van der Waals surface area contributed by atoms with Crippen LogP contribution in [0, 0.1) is 17.2 Å². The quantitative estimate of drug-likeness (QED) is 0.369. The topological polar surface area (TPSA) is 106 Å². The molecule has 0 unspecified atom stereocenters. The van der Waals surface area contributed by atoms with E-state index in [1.165, 1.54) is 10.8 Å². The number of nitrogens with one attached hydrogen (secondary N) is 1. The minimum absolute atomic E-state index is 0.0611. The SMILES string of the molecule is N#Cc1cccnc1-n1c(=O)n(C[C@H]2CC[C@H](NC(=O)c3cc(Cl)cnc3C(F)(F)F)CC2)c2ccccc21. The van der Waals surface area contributed by atoms with Crippen molar-refractivity contribution in [2.75, 3.05) is 0 Å². The van der Waals surface area contributed by atoms with Crippen LogP contribution < -0.4 is 11.0 Å². The van der Waals surface area contributed by atoms with E-state index in [-0.39, 0.29) is 34.1 Å². The number of aromatic nitrogens is 4. The molecule has 3 heterocycles. The molecule has 0 bridgehead atoms. The Balaban J connectivity index is 1.32. The van der Waals surface area contributed by atoms with Gasteiger partial charge in [-0.05, 0) is 61.9 Å². The van der Waals surface area contributed by atoms with Crippen molar-refractivity contribution >= 4 is 28.5 Å². The zero-order valence-corrected chi connectivity index (χ0v) is 21.2. The number of rotatable bonds is 5. The average Bonchev–Trinajstić information content (AvgIpc) is 3.19. The Bertz CT molecular complexity index is 1650. The van der Waals surface area contributed by atoms with Crippen molar-refractivity contribution in [2.24, 2.45) is 5.92 Å². The average molecular weight is 555 g/mol. The summed E-state index contributed by atoms with van der Waals surface area (Å²) in [6.45, 7) is 0.415. The molecule has 1 aliphatic rings. The normalized spacial score (nSPS) is 17.6. The Labute approximate surface area is 225 Å². The largest absolute Gasteiger partial charge is 0.434 e. The number of amides is 1. The number of benzene rings is 1. The van der Waals surface area contributed by atoms with Crippen LogP contribution in [0.4, 0.5) is 13.2 Å². The van der Waals surface area contributed by atoms with Crippen LogP contribution in [0.2, 0.25) is 5.02 Å². The lowest BCUT2D eigenvalue weighted by atomic mass is 9.85. The van der Waals surface area contributed by atoms with E-state index in [0.717, 1.165) is 12.3 Å². The zero-order chi connectivity index (χ0) is 27.7. The third-order valence-electron chi connectivity index (χ3n) is 6.94. The lowest BCUT2D eigenvalue weighted by molar-refractivity contribution is -0.141. The summed E-state index contributed by atoms with van der Waals surface area (Å²) < 4.78 is 43.1. The molecular weight excluding hydrogens is 533 g/mol. The number of carbonyl (C=O) groups is 1. The fraction of sp³-hybridized carbons (Fsp3) is 0.296. The van der Waals surface area contributed by atoms with Crippen LogP contribution in [-0.2, 0) is 12.7 Å². The van der Waals surface area contributed by atoms with Gasteiger partial charge in [-0.2, -0.15) is 18.4 Å². The van der Waals surface area contributed by atoms with Crippen molar-refractivity contribution in [3.8, 4) is 11.9 Å².